The topological polar surface area (TPSA) is 21.3 Å². The van der Waals surface area contributed by atoms with Crippen LogP contribution < -0.4 is 5.32 Å². The average molecular weight is 173 g/mol. The monoisotopic (exact) mass is 173 g/mol. The fourth-order valence-electron chi connectivity index (χ4n) is 1.01. The Labute approximate surface area is 76.7 Å². The smallest absolute Gasteiger partial charge is 0.0506 e. The molecule has 0 radical (unpaired) electrons. The van der Waals surface area contributed by atoms with E-state index in [0.29, 0.717) is 12.0 Å². The maximum absolute atomic E-state index is 5.38. The van der Waals surface area contributed by atoms with Gasteiger partial charge in [-0.1, -0.05) is 20.8 Å². The molecule has 0 bridgehead atoms. The lowest BCUT2D eigenvalue weighted by Gasteiger charge is -2.17. The van der Waals surface area contributed by atoms with Crippen LogP contribution in [0.15, 0.2) is 0 Å². The van der Waals surface area contributed by atoms with Crippen LogP contribution >= 0.6 is 0 Å². The molecule has 74 valence electrons. The van der Waals surface area contributed by atoms with Crippen molar-refractivity contribution in [3.63, 3.8) is 0 Å². The fraction of sp³-hybridized carbons (Fsp3) is 1.00. The first-order valence-corrected chi connectivity index (χ1v) is 5.01. The lowest BCUT2D eigenvalue weighted by atomic mass is 10.1. The van der Waals surface area contributed by atoms with E-state index in [0.717, 1.165) is 19.8 Å². The highest BCUT2D eigenvalue weighted by Crippen LogP contribution is 2.01. The van der Waals surface area contributed by atoms with Crippen LogP contribution in [0.5, 0.6) is 0 Å². The molecular weight excluding hydrogens is 150 g/mol. The molecule has 0 aromatic carbocycles. The summed E-state index contributed by atoms with van der Waals surface area (Å²) in [6, 6.07) is 0.584. The summed E-state index contributed by atoms with van der Waals surface area (Å²) in [5.41, 5.74) is 0. The maximum atomic E-state index is 5.38. The summed E-state index contributed by atoms with van der Waals surface area (Å²) in [4.78, 5) is 0. The maximum Gasteiger partial charge on any atom is 0.0506 e. The minimum atomic E-state index is 0.584. The summed E-state index contributed by atoms with van der Waals surface area (Å²) in [7, 11) is 0. The second kappa shape index (κ2) is 7.56. The van der Waals surface area contributed by atoms with Gasteiger partial charge in [0.25, 0.3) is 0 Å². The van der Waals surface area contributed by atoms with Crippen LogP contribution in [0.4, 0.5) is 0 Å². The average Bonchev–Trinajstić information content (AvgIpc) is 2.05. The van der Waals surface area contributed by atoms with Gasteiger partial charge in [0.15, 0.2) is 0 Å². The number of nitrogens with one attached hydrogen (secondary N) is 1. The Morgan fingerprint density at radius 3 is 2.33 bits per heavy atom. The van der Waals surface area contributed by atoms with Crippen molar-refractivity contribution in [1.29, 1.82) is 0 Å². The molecule has 2 nitrogen and oxygen atoms in total. The molecule has 0 aliphatic carbocycles. The predicted octanol–water partition coefficient (Wildman–Crippen LogP) is 2.05. The van der Waals surface area contributed by atoms with Crippen LogP contribution in [0, 0.1) is 5.92 Å². The largest absolute Gasteiger partial charge is 0.381 e. The Hall–Kier alpha value is -0.0800. The van der Waals surface area contributed by atoms with Crippen molar-refractivity contribution in [3.8, 4) is 0 Å². The Balaban J connectivity index is 3.39. The summed E-state index contributed by atoms with van der Waals surface area (Å²) >= 11 is 0. The van der Waals surface area contributed by atoms with E-state index in [1.807, 2.05) is 6.92 Å². The molecule has 0 rings (SSSR count). The zero-order chi connectivity index (χ0) is 9.40. The van der Waals surface area contributed by atoms with Gasteiger partial charge < -0.3 is 10.1 Å². The Kier molecular flexibility index (Phi) is 7.51. The summed E-state index contributed by atoms with van der Waals surface area (Å²) in [6.45, 7) is 11.4. The minimum absolute atomic E-state index is 0.584. The fourth-order valence-corrected chi connectivity index (χ4v) is 1.01. The second-order valence-corrected chi connectivity index (χ2v) is 3.50. The van der Waals surface area contributed by atoms with Crippen LogP contribution in [0.1, 0.15) is 34.1 Å². The van der Waals surface area contributed by atoms with E-state index >= 15 is 0 Å². The molecule has 0 aromatic rings. The molecule has 0 spiro atoms. The molecule has 0 saturated heterocycles. The van der Waals surface area contributed by atoms with Gasteiger partial charge in [0, 0.05) is 19.2 Å². The normalized spacial score (nSPS) is 13.8. The molecule has 0 fully saturated rings. The standard InChI is InChI=1S/C10H23NO/c1-5-10(8-12-6-2)7-11-9(3)4/h9-11H,5-8H2,1-4H3. The Morgan fingerprint density at radius 1 is 1.25 bits per heavy atom. The van der Waals surface area contributed by atoms with Crippen LogP contribution in [0.25, 0.3) is 0 Å². The molecular formula is C10H23NO. The lowest BCUT2D eigenvalue weighted by Crippen LogP contribution is -2.30. The van der Waals surface area contributed by atoms with Crippen molar-refractivity contribution in [1.82, 2.24) is 5.32 Å². The van der Waals surface area contributed by atoms with Gasteiger partial charge in [-0.15, -0.1) is 0 Å². The van der Waals surface area contributed by atoms with Gasteiger partial charge in [0.05, 0.1) is 6.61 Å². The highest BCUT2D eigenvalue weighted by Gasteiger charge is 2.05. The van der Waals surface area contributed by atoms with E-state index in [1.165, 1.54) is 6.42 Å². The summed E-state index contributed by atoms with van der Waals surface area (Å²) in [5.74, 6) is 0.673. The van der Waals surface area contributed by atoms with Crippen molar-refractivity contribution in [2.24, 2.45) is 5.92 Å². The molecule has 1 atom stereocenters. The lowest BCUT2D eigenvalue weighted by molar-refractivity contribution is 0.107. The van der Waals surface area contributed by atoms with Gasteiger partial charge >= 0.3 is 0 Å². The third kappa shape index (κ3) is 6.62. The van der Waals surface area contributed by atoms with E-state index in [9.17, 15) is 0 Å². The molecule has 2 heteroatoms. The molecule has 0 aliphatic heterocycles. The Morgan fingerprint density at radius 2 is 1.92 bits per heavy atom. The zero-order valence-corrected chi connectivity index (χ0v) is 8.89. The summed E-state index contributed by atoms with van der Waals surface area (Å²) in [6.07, 6.45) is 1.19. The van der Waals surface area contributed by atoms with Gasteiger partial charge in [-0.25, -0.2) is 0 Å². The van der Waals surface area contributed by atoms with Crippen LogP contribution in [0.2, 0.25) is 0 Å². The van der Waals surface area contributed by atoms with Gasteiger partial charge in [-0.2, -0.15) is 0 Å². The number of rotatable bonds is 7. The first-order valence-electron chi connectivity index (χ1n) is 5.01. The van der Waals surface area contributed by atoms with Gasteiger partial charge in [-0.05, 0) is 19.3 Å². The van der Waals surface area contributed by atoms with Crippen LogP contribution in [0.3, 0.4) is 0 Å². The molecule has 0 amide bonds. The molecule has 0 aromatic heterocycles. The third-order valence-corrected chi connectivity index (χ3v) is 1.95. The first kappa shape index (κ1) is 11.9. The van der Waals surface area contributed by atoms with Gasteiger partial charge in [0.1, 0.15) is 0 Å². The van der Waals surface area contributed by atoms with Crippen molar-refractivity contribution in [2.45, 2.75) is 40.2 Å². The summed E-state index contributed by atoms with van der Waals surface area (Å²) < 4.78 is 5.38. The van der Waals surface area contributed by atoms with Crippen molar-refractivity contribution in [3.05, 3.63) is 0 Å². The third-order valence-electron chi connectivity index (χ3n) is 1.95. The van der Waals surface area contributed by atoms with E-state index in [1.54, 1.807) is 0 Å². The zero-order valence-electron chi connectivity index (χ0n) is 8.89. The molecule has 0 saturated carbocycles. The van der Waals surface area contributed by atoms with E-state index < -0.39 is 0 Å². The molecule has 1 unspecified atom stereocenters. The molecule has 1 N–H and O–H groups in total. The SMILES string of the molecule is CCOCC(CC)CNC(C)C. The minimum Gasteiger partial charge on any atom is -0.381 e. The second-order valence-electron chi connectivity index (χ2n) is 3.50. The highest BCUT2D eigenvalue weighted by atomic mass is 16.5. The van der Waals surface area contributed by atoms with E-state index in [4.69, 9.17) is 4.74 Å². The number of hydrogen-bond acceptors (Lipinski definition) is 2. The summed E-state index contributed by atoms with van der Waals surface area (Å²) in [5, 5.41) is 3.43. The van der Waals surface area contributed by atoms with Crippen molar-refractivity contribution in [2.75, 3.05) is 19.8 Å². The van der Waals surface area contributed by atoms with Gasteiger partial charge in [-0.3, -0.25) is 0 Å². The number of hydrogen-bond donors (Lipinski definition) is 1. The molecule has 0 heterocycles. The molecule has 0 aliphatic rings. The van der Waals surface area contributed by atoms with E-state index in [2.05, 4.69) is 26.1 Å². The highest BCUT2D eigenvalue weighted by molar-refractivity contribution is 4.61. The molecule has 12 heavy (non-hydrogen) atoms. The quantitative estimate of drug-likeness (QED) is 0.636. The van der Waals surface area contributed by atoms with Crippen LogP contribution in [-0.2, 0) is 4.74 Å². The Bertz CT molecular complexity index is 93.8. The predicted molar refractivity (Wildman–Crippen MR) is 53.4 cm³/mol. The van der Waals surface area contributed by atoms with Crippen molar-refractivity contribution < 1.29 is 4.74 Å². The van der Waals surface area contributed by atoms with Crippen LogP contribution in [-0.4, -0.2) is 25.8 Å². The first-order chi connectivity index (χ1) is 5.70. The van der Waals surface area contributed by atoms with Crippen molar-refractivity contribution >= 4 is 0 Å². The van der Waals surface area contributed by atoms with E-state index in [-0.39, 0.29) is 0 Å². The van der Waals surface area contributed by atoms with Gasteiger partial charge in [0.2, 0.25) is 0 Å². The number of ether oxygens (including phenoxy) is 1.